The Kier molecular flexibility index (Phi) is 5.49. The first kappa shape index (κ1) is 13.2. The number of aliphatic hydroxyl groups is 1. The fourth-order valence-corrected chi connectivity index (χ4v) is 1.56. The Labute approximate surface area is 97.7 Å². The summed E-state index contributed by atoms with van der Waals surface area (Å²) in [6.07, 6.45) is 4.89. The van der Waals surface area contributed by atoms with Gasteiger partial charge in [0.2, 0.25) is 0 Å². The highest BCUT2D eigenvalue weighted by Gasteiger charge is 2.11. The third kappa shape index (κ3) is 3.61. The highest BCUT2D eigenvalue weighted by Crippen LogP contribution is 2.04. The molecule has 0 aromatic carbocycles. The van der Waals surface area contributed by atoms with Gasteiger partial charge in [0.15, 0.2) is 0 Å². The largest absolute Gasteiger partial charge is 0.396 e. The van der Waals surface area contributed by atoms with Gasteiger partial charge in [0.05, 0.1) is 12.0 Å². The van der Waals surface area contributed by atoms with Gasteiger partial charge in [-0.3, -0.25) is 0 Å². The second kappa shape index (κ2) is 6.66. The van der Waals surface area contributed by atoms with Gasteiger partial charge in [0, 0.05) is 31.9 Å². The summed E-state index contributed by atoms with van der Waals surface area (Å²) in [4.78, 5) is 4.16. The number of aryl methyl sites for hydroxylation is 1. The number of rotatable bonds is 7. The van der Waals surface area contributed by atoms with Gasteiger partial charge in [-0.2, -0.15) is 0 Å². The monoisotopic (exact) mass is 225 g/mol. The normalized spacial score (nSPS) is 15.0. The molecule has 16 heavy (non-hydrogen) atoms. The van der Waals surface area contributed by atoms with E-state index in [0.29, 0.717) is 6.04 Å². The van der Waals surface area contributed by atoms with Crippen LogP contribution in [0.4, 0.5) is 0 Å². The van der Waals surface area contributed by atoms with Gasteiger partial charge in [0.25, 0.3) is 0 Å². The number of hydrogen-bond donors (Lipinski definition) is 2. The summed E-state index contributed by atoms with van der Waals surface area (Å²) in [7, 11) is 0. The Bertz CT molecular complexity index is 298. The van der Waals surface area contributed by atoms with Gasteiger partial charge >= 0.3 is 0 Å². The van der Waals surface area contributed by atoms with E-state index in [1.54, 1.807) is 0 Å². The van der Waals surface area contributed by atoms with Crippen molar-refractivity contribution in [3.05, 3.63) is 18.2 Å². The Morgan fingerprint density at radius 2 is 2.25 bits per heavy atom. The zero-order valence-electron chi connectivity index (χ0n) is 10.5. The van der Waals surface area contributed by atoms with Crippen molar-refractivity contribution >= 4 is 0 Å². The van der Waals surface area contributed by atoms with E-state index in [4.69, 9.17) is 5.11 Å². The molecule has 0 spiro atoms. The average Bonchev–Trinajstić information content (AvgIpc) is 2.73. The zero-order valence-corrected chi connectivity index (χ0v) is 10.5. The molecule has 0 radical (unpaired) electrons. The molecule has 1 aromatic heterocycles. The molecule has 1 heterocycles. The lowest BCUT2D eigenvalue weighted by Gasteiger charge is -2.19. The SMILES string of the molecule is CCCn1cncc1CNC(C)C(C)CO. The lowest BCUT2D eigenvalue weighted by atomic mass is 10.1. The van der Waals surface area contributed by atoms with Crippen LogP contribution in [0.2, 0.25) is 0 Å². The van der Waals surface area contributed by atoms with Crippen LogP contribution >= 0.6 is 0 Å². The fraction of sp³-hybridized carbons (Fsp3) is 0.750. The van der Waals surface area contributed by atoms with E-state index < -0.39 is 0 Å². The lowest BCUT2D eigenvalue weighted by molar-refractivity contribution is 0.206. The van der Waals surface area contributed by atoms with Crippen molar-refractivity contribution in [2.45, 2.75) is 46.3 Å². The van der Waals surface area contributed by atoms with Crippen LogP contribution in [-0.2, 0) is 13.1 Å². The van der Waals surface area contributed by atoms with Crippen LogP contribution in [0, 0.1) is 5.92 Å². The van der Waals surface area contributed by atoms with Gasteiger partial charge in [-0.15, -0.1) is 0 Å². The maximum atomic E-state index is 9.04. The van der Waals surface area contributed by atoms with Gasteiger partial charge in [0.1, 0.15) is 0 Å². The second-order valence-corrected chi connectivity index (χ2v) is 4.41. The molecular weight excluding hydrogens is 202 g/mol. The van der Waals surface area contributed by atoms with Gasteiger partial charge in [-0.25, -0.2) is 4.98 Å². The standard InChI is InChI=1S/C12H23N3O/c1-4-5-15-9-13-6-12(15)7-14-11(3)10(2)8-16/h6,9-11,14,16H,4-5,7-8H2,1-3H3. The maximum Gasteiger partial charge on any atom is 0.0948 e. The van der Waals surface area contributed by atoms with Crippen LogP contribution in [0.25, 0.3) is 0 Å². The second-order valence-electron chi connectivity index (χ2n) is 4.41. The summed E-state index contributed by atoms with van der Waals surface area (Å²) in [5.74, 6) is 0.280. The van der Waals surface area contributed by atoms with Crippen molar-refractivity contribution in [2.24, 2.45) is 5.92 Å². The molecule has 2 atom stereocenters. The molecule has 0 aliphatic carbocycles. The molecule has 0 aliphatic heterocycles. The minimum Gasteiger partial charge on any atom is -0.396 e. The fourth-order valence-electron chi connectivity index (χ4n) is 1.56. The highest BCUT2D eigenvalue weighted by molar-refractivity contribution is 4.98. The summed E-state index contributed by atoms with van der Waals surface area (Å²) >= 11 is 0. The number of aliphatic hydroxyl groups excluding tert-OH is 1. The molecule has 4 nitrogen and oxygen atoms in total. The molecule has 1 rings (SSSR count). The molecule has 4 heteroatoms. The van der Waals surface area contributed by atoms with Crippen molar-refractivity contribution < 1.29 is 5.11 Å². The first-order valence-electron chi connectivity index (χ1n) is 6.02. The Balaban J connectivity index is 2.44. The van der Waals surface area contributed by atoms with Gasteiger partial charge in [-0.05, 0) is 19.3 Å². The van der Waals surface area contributed by atoms with Crippen LogP contribution < -0.4 is 5.32 Å². The summed E-state index contributed by atoms with van der Waals surface area (Å²) in [6.45, 7) is 8.35. The number of aromatic nitrogens is 2. The van der Waals surface area contributed by atoms with E-state index >= 15 is 0 Å². The molecular formula is C12H23N3O. The van der Waals surface area contributed by atoms with Crippen LogP contribution in [-0.4, -0.2) is 27.3 Å². The van der Waals surface area contributed by atoms with Crippen LogP contribution in [0.3, 0.4) is 0 Å². The van der Waals surface area contributed by atoms with Crippen molar-refractivity contribution in [3.8, 4) is 0 Å². The summed E-state index contributed by atoms with van der Waals surface area (Å²) in [5.41, 5.74) is 1.21. The average molecular weight is 225 g/mol. The number of hydrogen-bond acceptors (Lipinski definition) is 3. The smallest absolute Gasteiger partial charge is 0.0948 e. The van der Waals surface area contributed by atoms with Crippen LogP contribution in [0.15, 0.2) is 12.5 Å². The summed E-state index contributed by atoms with van der Waals surface area (Å²) in [6, 6.07) is 0.315. The number of imidazole rings is 1. The predicted molar refractivity (Wildman–Crippen MR) is 65.1 cm³/mol. The minimum atomic E-state index is 0.225. The van der Waals surface area contributed by atoms with Crippen molar-refractivity contribution in [2.75, 3.05) is 6.61 Å². The molecule has 2 N–H and O–H groups in total. The highest BCUT2D eigenvalue weighted by atomic mass is 16.3. The van der Waals surface area contributed by atoms with Gasteiger partial charge in [-0.1, -0.05) is 13.8 Å². The number of nitrogens with zero attached hydrogens (tertiary/aromatic N) is 2. The molecule has 0 amide bonds. The zero-order chi connectivity index (χ0) is 12.0. The first-order valence-corrected chi connectivity index (χ1v) is 6.02. The van der Waals surface area contributed by atoms with E-state index in [0.717, 1.165) is 19.5 Å². The molecule has 2 unspecified atom stereocenters. The van der Waals surface area contributed by atoms with Crippen LogP contribution in [0.5, 0.6) is 0 Å². The number of nitrogens with one attached hydrogen (secondary N) is 1. The molecule has 1 aromatic rings. The van der Waals surface area contributed by atoms with E-state index in [1.165, 1.54) is 5.69 Å². The third-order valence-corrected chi connectivity index (χ3v) is 3.01. The van der Waals surface area contributed by atoms with Crippen molar-refractivity contribution in [1.82, 2.24) is 14.9 Å². The van der Waals surface area contributed by atoms with E-state index in [2.05, 4.69) is 28.7 Å². The van der Waals surface area contributed by atoms with Gasteiger partial charge < -0.3 is 15.0 Å². The summed E-state index contributed by atoms with van der Waals surface area (Å²) in [5, 5.41) is 12.5. The van der Waals surface area contributed by atoms with Crippen molar-refractivity contribution in [1.29, 1.82) is 0 Å². The first-order chi connectivity index (χ1) is 7.69. The summed E-state index contributed by atoms with van der Waals surface area (Å²) < 4.78 is 2.17. The molecule has 0 saturated heterocycles. The van der Waals surface area contributed by atoms with Crippen molar-refractivity contribution in [3.63, 3.8) is 0 Å². The Morgan fingerprint density at radius 3 is 2.88 bits per heavy atom. The topological polar surface area (TPSA) is 50.1 Å². The lowest BCUT2D eigenvalue weighted by Crippen LogP contribution is -2.33. The Morgan fingerprint density at radius 1 is 1.50 bits per heavy atom. The van der Waals surface area contributed by atoms with Crippen LogP contribution in [0.1, 0.15) is 32.9 Å². The quantitative estimate of drug-likeness (QED) is 0.737. The van der Waals surface area contributed by atoms with E-state index in [-0.39, 0.29) is 12.5 Å². The molecule has 0 fully saturated rings. The Hall–Kier alpha value is -0.870. The molecule has 0 aliphatic rings. The molecule has 0 saturated carbocycles. The van der Waals surface area contributed by atoms with E-state index in [1.807, 2.05) is 19.4 Å². The maximum absolute atomic E-state index is 9.04. The molecule has 0 bridgehead atoms. The molecule has 92 valence electrons. The van der Waals surface area contributed by atoms with E-state index in [9.17, 15) is 0 Å². The predicted octanol–water partition coefficient (Wildman–Crippen LogP) is 1.40. The third-order valence-electron chi connectivity index (χ3n) is 3.01. The minimum absolute atomic E-state index is 0.225.